The van der Waals surface area contributed by atoms with E-state index in [1.165, 1.54) is 0 Å². The van der Waals surface area contributed by atoms with Gasteiger partial charge in [0.15, 0.2) is 0 Å². The third kappa shape index (κ3) is 2.14. The van der Waals surface area contributed by atoms with Crippen molar-refractivity contribution in [3.63, 3.8) is 0 Å². The molecule has 1 atom stereocenters. The topological polar surface area (TPSA) is 76.7 Å². The van der Waals surface area contributed by atoms with Gasteiger partial charge >= 0.3 is 0 Å². The SMILES string of the molecule is CCC(NC)c1nnc(-c2cccc3nccnc23)o1. The molecule has 6 heteroatoms. The first-order valence-corrected chi connectivity index (χ1v) is 6.54. The van der Waals surface area contributed by atoms with Crippen molar-refractivity contribution in [1.82, 2.24) is 25.5 Å². The molecule has 1 aromatic carbocycles. The number of para-hydroxylation sites is 1. The van der Waals surface area contributed by atoms with E-state index in [1.807, 2.05) is 25.2 Å². The zero-order valence-corrected chi connectivity index (χ0v) is 11.4. The van der Waals surface area contributed by atoms with Crippen LogP contribution in [0.25, 0.3) is 22.5 Å². The molecule has 3 aromatic rings. The van der Waals surface area contributed by atoms with Gasteiger partial charge in [0.05, 0.1) is 17.1 Å². The van der Waals surface area contributed by atoms with Gasteiger partial charge in [-0.1, -0.05) is 13.0 Å². The first-order chi connectivity index (χ1) is 9.83. The second-order valence-electron chi connectivity index (χ2n) is 4.42. The average Bonchev–Trinajstić information content (AvgIpc) is 2.97. The van der Waals surface area contributed by atoms with Crippen LogP contribution in [-0.4, -0.2) is 27.2 Å². The van der Waals surface area contributed by atoms with Gasteiger partial charge in [-0.15, -0.1) is 10.2 Å². The summed E-state index contributed by atoms with van der Waals surface area (Å²) in [6.45, 7) is 2.06. The average molecular weight is 269 g/mol. The van der Waals surface area contributed by atoms with Crippen LogP contribution >= 0.6 is 0 Å². The van der Waals surface area contributed by atoms with E-state index < -0.39 is 0 Å². The van der Waals surface area contributed by atoms with Crippen molar-refractivity contribution in [2.75, 3.05) is 7.05 Å². The van der Waals surface area contributed by atoms with Crippen LogP contribution in [0, 0.1) is 0 Å². The Balaban J connectivity index is 2.08. The Kier molecular flexibility index (Phi) is 3.39. The van der Waals surface area contributed by atoms with Crippen LogP contribution in [0.15, 0.2) is 35.0 Å². The highest BCUT2D eigenvalue weighted by molar-refractivity contribution is 5.88. The molecule has 0 aliphatic rings. The Morgan fingerprint density at radius 1 is 1.20 bits per heavy atom. The van der Waals surface area contributed by atoms with E-state index in [9.17, 15) is 0 Å². The number of aromatic nitrogens is 4. The first-order valence-electron chi connectivity index (χ1n) is 6.54. The van der Waals surface area contributed by atoms with Crippen molar-refractivity contribution in [2.45, 2.75) is 19.4 Å². The highest BCUT2D eigenvalue weighted by atomic mass is 16.4. The number of hydrogen-bond acceptors (Lipinski definition) is 6. The molecule has 1 N–H and O–H groups in total. The van der Waals surface area contributed by atoms with E-state index in [0.717, 1.165) is 23.0 Å². The minimum absolute atomic E-state index is 0.0670. The molecule has 0 saturated heterocycles. The van der Waals surface area contributed by atoms with E-state index in [0.29, 0.717) is 11.8 Å². The minimum Gasteiger partial charge on any atom is -0.419 e. The van der Waals surface area contributed by atoms with Gasteiger partial charge in [0, 0.05) is 12.4 Å². The molecule has 2 heterocycles. The fourth-order valence-corrected chi connectivity index (χ4v) is 2.15. The van der Waals surface area contributed by atoms with E-state index in [-0.39, 0.29) is 6.04 Å². The molecule has 1 unspecified atom stereocenters. The number of nitrogens with zero attached hydrogens (tertiary/aromatic N) is 4. The molecule has 0 spiro atoms. The Bertz CT molecular complexity index is 715. The molecule has 2 aromatic heterocycles. The third-order valence-corrected chi connectivity index (χ3v) is 3.22. The first kappa shape index (κ1) is 12.7. The zero-order valence-electron chi connectivity index (χ0n) is 11.4. The lowest BCUT2D eigenvalue weighted by molar-refractivity contribution is 0.415. The van der Waals surface area contributed by atoms with Crippen LogP contribution in [0.3, 0.4) is 0 Å². The second kappa shape index (κ2) is 5.34. The molecule has 102 valence electrons. The number of rotatable bonds is 4. The van der Waals surface area contributed by atoms with Gasteiger partial charge in [-0.3, -0.25) is 9.97 Å². The van der Waals surface area contributed by atoms with Gasteiger partial charge in [-0.25, -0.2) is 0 Å². The maximum atomic E-state index is 5.77. The lowest BCUT2D eigenvalue weighted by atomic mass is 10.2. The van der Waals surface area contributed by atoms with E-state index in [1.54, 1.807) is 12.4 Å². The summed E-state index contributed by atoms with van der Waals surface area (Å²) in [4.78, 5) is 8.62. The third-order valence-electron chi connectivity index (χ3n) is 3.22. The molecule has 0 amide bonds. The Morgan fingerprint density at radius 3 is 2.85 bits per heavy atom. The quantitative estimate of drug-likeness (QED) is 0.783. The van der Waals surface area contributed by atoms with Gasteiger partial charge in [0.1, 0.15) is 5.52 Å². The van der Waals surface area contributed by atoms with Crippen LogP contribution in [0.4, 0.5) is 0 Å². The summed E-state index contributed by atoms with van der Waals surface area (Å²) in [5.41, 5.74) is 2.38. The normalized spacial score (nSPS) is 12.7. The van der Waals surface area contributed by atoms with Crippen LogP contribution in [-0.2, 0) is 0 Å². The molecular formula is C14H15N5O. The van der Waals surface area contributed by atoms with Crippen LogP contribution in [0.2, 0.25) is 0 Å². The van der Waals surface area contributed by atoms with Gasteiger partial charge in [0.25, 0.3) is 0 Å². The lowest BCUT2D eigenvalue weighted by Gasteiger charge is -2.07. The summed E-state index contributed by atoms with van der Waals surface area (Å²) in [6, 6.07) is 5.79. The molecule has 0 bridgehead atoms. The summed E-state index contributed by atoms with van der Waals surface area (Å²) in [7, 11) is 1.88. The summed E-state index contributed by atoms with van der Waals surface area (Å²) < 4.78 is 5.77. The van der Waals surface area contributed by atoms with Crippen molar-refractivity contribution in [3.05, 3.63) is 36.5 Å². The summed E-state index contributed by atoms with van der Waals surface area (Å²) in [5.74, 6) is 1.06. The molecule has 0 fully saturated rings. The highest BCUT2D eigenvalue weighted by Gasteiger charge is 2.17. The van der Waals surface area contributed by atoms with Gasteiger partial charge in [0.2, 0.25) is 11.8 Å². The predicted octanol–water partition coefficient (Wildman–Crippen LogP) is 2.35. The van der Waals surface area contributed by atoms with E-state index in [2.05, 4.69) is 32.4 Å². The molecular weight excluding hydrogens is 254 g/mol. The number of benzene rings is 1. The van der Waals surface area contributed by atoms with Gasteiger partial charge < -0.3 is 9.73 Å². The molecule has 0 aliphatic carbocycles. The lowest BCUT2D eigenvalue weighted by Crippen LogP contribution is -2.15. The molecule has 20 heavy (non-hydrogen) atoms. The number of hydrogen-bond donors (Lipinski definition) is 1. The fourth-order valence-electron chi connectivity index (χ4n) is 2.15. The van der Waals surface area contributed by atoms with Gasteiger partial charge in [-0.2, -0.15) is 0 Å². The summed E-state index contributed by atoms with van der Waals surface area (Å²) >= 11 is 0. The van der Waals surface area contributed by atoms with Crippen molar-refractivity contribution in [2.24, 2.45) is 0 Å². The Hall–Kier alpha value is -2.34. The van der Waals surface area contributed by atoms with E-state index >= 15 is 0 Å². The summed E-state index contributed by atoms with van der Waals surface area (Å²) in [6.07, 6.45) is 4.21. The minimum atomic E-state index is 0.0670. The molecule has 6 nitrogen and oxygen atoms in total. The Morgan fingerprint density at radius 2 is 2.05 bits per heavy atom. The van der Waals surface area contributed by atoms with Crippen molar-refractivity contribution in [3.8, 4) is 11.5 Å². The standard InChI is InChI=1S/C14H15N5O/c1-3-10(15-2)14-19-18-13(20-14)9-5-4-6-11-12(9)17-8-7-16-11/h4-8,10,15H,3H2,1-2H3. The van der Waals surface area contributed by atoms with Crippen LogP contribution in [0.5, 0.6) is 0 Å². The number of nitrogens with one attached hydrogen (secondary N) is 1. The second-order valence-corrected chi connectivity index (χ2v) is 4.42. The Labute approximate surface area is 116 Å². The van der Waals surface area contributed by atoms with Crippen molar-refractivity contribution in [1.29, 1.82) is 0 Å². The summed E-state index contributed by atoms with van der Waals surface area (Å²) in [5, 5.41) is 11.4. The highest BCUT2D eigenvalue weighted by Crippen LogP contribution is 2.26. The monoisotopic (exact) mass is 269 g/mol. The molecule has 0 radical (unpaired) electrons. The zero-order chi connectivity index (χ0) is 13.9. The fraction of sp³-hybridized carbons (Fsp3) is 0.286. The van der Waals surface area contributed by atoms with Gasteiger partial charge in [-0.05, 0) is 25.6 Å². The smallest absolute Gasteiger partial charge is 0.250 e. The van der Waals surface area contributed by atoms with Crippen LogP contribution < -0.4 is 5.32 Å². The predicted molar refractivity (Wildman–Crippen MR) is 74.9 cm³/mol. The van der Waals surface area contributed by atoms with Crippen LogP contribution in [0.1, 0.15) is 25.3 Å². The molecule has 3 rings (SSSR count). The maximum Gasteiger partial charge on any atom is 0.250 e. The largest absolute Gasteiger partial charge is 0.419 e. The maximum absolute atomic E-state index is 5.77. The van der Waals surface area contributed by atoms with E-state index in [4.69, 9.17) is 4.42 Å². The van der Waals surface area contributed by atoms with Crippen molar-refractivity contribution >= 4 is 11.0 Å². The molecule has 0 aliphatic heterocycles. The molecule has 0 saturated carbocycles. The number of fused-ring (bicyclic) bond motifs is 1. The van der Waals surface area contributed by atoms with Crippen molar-refractivity contribution < 1.29 is 4.42 Å².